The van der Waals surface area contributed by atoms with Gasteiger partial charge < -0.3 is 34.8 Å². The summed E-state index contributed by atoms with van der Waals surface area (Å²) in [6.45, 7) is 17.1. The maximum Gasteiger partial charge on any atom is 0.324 e. The van der Waals surface area contributed by atoms with E-state index in [4.69, 9.17) is 9.72 Å². The van der Waals surface area contributed by atoms with Crippen LogP contribution in [0.1, 0.15) is 96.9 Å². The fourth-order valence-electron chi connectivity index (χ4n) is 10.5. The second-order valence-electron chi connectivity index (χ2n) is 20.5. The molecule has 0 unspecified atom stereocenters. The van der Waals surface area contributed by atoms with E-state index >= 15 is 0 Å². The van der Waals surface area contributed by atoms with Crippen molar-refractivity contribution in [3.63, 3.8) is 0 Å². The highest BCUT2D eigenvalue weighted by Gasteiger charge is 2.41. The normalized spacial score (nSPS) is 21.8. The van der Waals surface area contributed by atoms with Gasteiger partial charge in [0.25, 0.3) is 5.91 Å². The first kappa shape index (κ1) is 47.7. The van der Waals surface area contributed by atoms with Gasteiger partial charge in [0.05, 0.1) is 24.0 Å². The summed E-state index contributed by atoms with van der Waals surface area (Å²) in [6.07, 6.45) is 4.42. The minimum atomic E-state index is -1.14. The minimum Gasteiger partial charge on any atom is -0.508 e. The van der Waals surface area contributed by atoms with Crippen molar-refractivity contribution in [3.8, 4) is 28.1 Å². The van der Waals surface area contributed by atoms with E-state index in [1.165, 1.54) is 9.91 Å². The average Bonchev–Trinajstić information content (AvgIpc) is 4.12. The van der Waals surface area contributed by atoms with Crippen molar-refractivity contribution in [2.24, 2.45) is 17.3 Å². The number of rotatable bonds is 9. The van der Waals surface area contributed by atoms with Gasteiger partial charge in [-0.05, 0) is 110 Å². The molecule has 8 rings (SSSR count). The van der Waals surface area contributed by atoms with Crippen molar-refractivity contribution >= 4 is 40.5 Å². The number of likely N-dealkylation sites (tertiary alicyclic amines) is 1. The Morgan fingerprint density at radius 1 is 1.00 bits per heavy atom. The fraction of sp³-hybridized carbons (Fsp3) is 0.538. The van der Waals surface area contributed by atoms with Crippen molar-refractivity contribution in [1.29, 1.82) is 0 Å². The van der Waals surface area contributed by atoms with Crippen LogP contribution >= 0.6 is 0 Å². The third-order valence-corrected chi connectivity index (χ3v) is 14.0. The highest BCUT2D eigenvalue weighted by atomic mass is 16.5. The van der Waals surface area contributed by atoms with E-state index in [-0.39, 0.29) is 54.4 Å². The molecule has 67 heavy (non-hydrogen) atoms. The predicted molar refractivity (Wildman–Crippen MR) is 256 cm³/mol. The molecule has 4 atom stereocenters. The van der Waals surface area contributed by atoms with Gasteiger partial charge in [0.15, 0.2) is 0 Å². The lowest BCUT2D eigenvalue weighted by Crippen LogP contribution is -2.62. The Morgan fingerprint density at radius 2 is 1.75 bits per heavy atom. The summed E-state index contributed by atoms with van der Waals surface area (Å²) in [7, 11) is 1.63. The lowest BCUT2D eigenvalue weighted by atomic mass is 9.83. The van der Waals surface area contributed by atoms with Crippen LogP contribution in [-0.4, -0.2) is 123 Å². The number of ether oxygens (including phenoxy) is 1. The van der Waals surface area contributed by atoms with Gasteiger partial charge in [0.1, 0.15) is 23.9 Å². The quantitative estimate of drug-likeness (QED) is 0.122. The first-order valence-corrected chi connectivity index (χ1v) is 24.2. The molecule has 6 heterocycles. The molecule has 4 aromatic rings. The Morgan fingerprint density at radius 3 is 2.43 bits per heavy atom. The molecule has 4 N–H and O–H groups in total. The molecular formula is C52H68N8O7. The van der Waals surface area contributed by atoms with Crippen LogP contribution in [0.15, 0.2) is 54.7 Å². The number of carbonyl (C=O) groups is 5. The highest BCUT2D eigenvalue weighted by Crippen LogP contribution is 2.42. The van der Waals surface area contributed by atoms with Crippen molar-refractivity contribution < 1.29 is 33.8 Å². The number of nitrogens with zero attached hydrogens (tertiary/aromatic N) is 5. The summed E-state index contributed by atoms with van der Waals surface area (Å²) >= 11 is 0. The van der Waals surface area contributed by atoms with Crippen LogP contribution < -0.4 is 16.1 Å². The molecule has 358 valence electrons. The van der Waals surface area contributed by atoms with Crippen LogP contribution in [0, 0.1) is 17.3 Å². The Bertz CT molecular complexity index is 2540. The van der Waals surface area contributed by atoms with Crippen LogP contribution in [0.4, 0.5) is 0 Å². The van der Waals surface area contributed by atoms with E-state index in [9.17, 15) is 29.1 Å². The molecule has 3 fully saturated rings. The van der Waals surface area contributed by atoms with E-state index in [0.29, 0.717) is 70.4 Å². The summed E-state index contributed by atoms with van der Waals surface area (Å²) in [5.74, 6) is -2.00. The van der Waals surface area contributed by atoms with E-state index in [0.717, 1.165) is 44.5 Å². The number of hydrogen-bond donors (Lipinski definition) is 4. The summed E-state index contributed by atoms with van der Waals surface area (Å²) in [5.41, 5.74) is 10.1. The van der Waals surface area contributed by atoms with Gasteiger partial charge in [-0.25, -0.2) is 5.43 Å². The molecule has 6 bridgehead atoms. The second kappa shape index (κ2) is 19.4. The standard InChI is InChI=1S/C52H68N8O7/c1-9-59-43-15-14-34-26-38(43)39(46(59)37-12-10-18-53-44(37)30(2)3)27-52(6,7)29-67-51(66)40-13-11-19-60(56-40)50(65)41(24-32-22-35(34)25-36(61)23-32)55-47(62)45(31(4)5)57(8)48(63)33-16-20-58(21-17-33)49(64)42-28-54-42/h10,12,14-15,18,22-23,25-26,30-31,33,40-42,45,54,56,61H,9,11,13,16-17,19-21,24,27-29H2,1-8H3,(H,55,62)/t40-,41-,42+,45-/m0/s1. The van der Waals surface area contributed by atoms with Gasteiger partial charge in [-0.3, -0.25) is 34.0 Å². The smallest absolute Gasteiger partial charge is 0.324 e. The number of benzene rings is 2. The number of likely N-dealkylation sites (N-methyl/N-ethyl adjacent to an activating group) is 1. The topological polar surface area (TPSA) is 188 Å². The number of hydrazine groups is 1. The Hall–Kier alpha value is -5.80. The number of esters is 1. The third kappa shape index (κ3) is 10.1. The monoisotopic (exact) mass is 917 g/mol. The summed E-state index contributed by atoms with van der Waals surface area (Å²) in [6, 6.07) is 12.7. The molecule has 0 spiro atoms. The van der Waals surface area contributed by atoms with Gasteiger partial charge in [0, 0.05) is 80.2 Å². The van der Waals surface area contributed by atoms with Gasteiger partial charge >= 0.3 is 5.97 Å². The first-order valence-electron chi connectivity index (χ1n) is 24.2. The molecule has 0 aliphatic carbocycles. The van der Waals surface area contributed by atoms with Crippen LogP contribution in [0.5, 0.6) is 5.75 Å². The number of phenols is 1. The number of aromatic hydroxyl groups is 1. The van der Waals surface area contributed by atoms with Crippen molar-refractivity contribution in [2.75, 3.05) is 39.8 Å². The number of fused-ring (bicyclic) bond motifs is 6. The zero-order valence-electron chi connectivity index (χ0n) is 40.4. The number of aryl methyl sites for hydroxylation is 1. The largest absolute Gasteiger partial charge is 0.508 e. The van der Waals surface area contributed by atoms with Gasteiger partial charge in [0.2, 0.25) is 17.7 Å². The number of aromatic nitrogens is 2. The maximum atomic E-state index is 14.8. The molecule has 2 aromatic heterocycles. The van der Waals surface area contributed by atoms with E-state index < -0.39 is 41.3 Å². The summed E-state index contributed by atoms with van der Waals surface area (Å²) in [4.78, 5) is 78.2. The zero-order valence-corrected chi connectivity index (χ0v) is 40.4. The van der Waals surface area contributed by atoms with E-state index in [2.05, 4.69) is 73.4 Å². The van der Waals surface area contributed by atoms with E-state index in [1.807, 2.05) is 38.2 Å². The molecule has 0 radical (unpaired) electrons. The Labute approximate surface area is 394 Å². The molecular weight excluding hydrogens is 849 g/mol. The summed E-state index contributed by atoms with van der Waals surface area (Å²) < 4.78 is 8.46. The number of pyridine rings is 1. The first-order chi connectivity index (χ1) is 31.9. The maximum absolute atomic E-state index is 14.8. The molecule has 2 aromatic carbocycles. The number of piperidine rings is 1. The number of hydrogen-bond acceptors (Lipinski definition) is 10. The zero-order chi connectivity index (χ0) is 47.9. The molecule has 4 amide bonds. The van der Waals surface area contributed by atoms with Crippen molar-refractivity contribution in [3.05, 3.63) is 71.5 Å². The van der Waals surface area contributed by atoms with Crippen LogP contribution in [0.25, 0.3) is 33.3 Å². The lowest BCUT2D eigenvalue weighted by Gasteiger charge is -2.38. The number of phenolic OH excluding ortho intramolecular Hbond substituents is 1. The average molecular weight is 917 g/mol. The molecule has 4 aliphatic rings. The minimum absolute atomic E-state index is 0.00933. The number of nitrogens with one attached hydrogen (secondary N) is 3. The van der Waals surface area contributed by atoms with Crippen LogP contribution in [0.2, 0.25) is 0 Å². The van der Waals surface area contributed by atoms with Crippen LogP contribution in [-0.2, 0) is 48.1 Å². The Kier molecular flexibility index (Phi) is 13.8. The third-order valence-electron chi connectivity index (χ3n) is 14.0. The second-order valence-corrected chi connectivity index (χ2v) is 20.5. The number of cyclic esters (lactones) is 1. The molecule has 3 saturated heterocycles. The molecule has 15 heteroatoms. The van der Waals surface area contributed by atoms with Gasteiger partial charge in [-0.1, -0.05) is 53.7 Å². The Balaban J connectivity index is 1.16. The molecule has 0 saturated carbocycles. The fourth-order valence-corrected chi connectivity index (χ4v) is 10.5. The van der Waals surface area contributed by atoms with Gasteiger partial charge in [-0.2, -0.15) is 0 Å². The van der Waals surface area contributed by atoms with Crippen molar-refractivity contribution in [1.82, 2.24) is 40.4 Å². The van der Waals surface area contributed by atoms with Crippen LogP contribution in [0.3, 0.4) is 0 Å². The lowest BCUT2D eigenvalue weighted by molar-refractivity contribution is -0.155. The number of amides is 4. The summed E-state index contributed by atoms with van der Waals surface area (Å²) in [5, 5.41) is 19.9. The molecule has 15 nitrogen and oxygen atoms in total. The van der Waals surface area contributed by atoms with Gasteiger partial charge in [-0.15, -0.1) is 0 Å². The van der Waals surface area contributed by atoms with Crippen molar-refractivity contribution in [2.45, 2.75) is 124 Å². The highest BCUT2D eigenvalue weighted by molar-refractivity contribution is 5.96. The predicted octanol–water partition coefficient (Wildman–Crippen LogP) is 5.56. The van der Waals surface area contributed by atoms with E-state index in [1.54, 1.807) is 24.1 Å². The number of carbonyl (C=O) groups excluding carboxylic acids is 5. The molecule has 4 aliphatic heterocycles. The SMILES string of the molecule is CCn1c(-c2cccnc2C(C)C)c2c3cc(ccc31)-c1cc(O)cc(c1)C[C@H](NC(=O)[C@H](C(C)C)N(C)C(=O)C1CCN(C(=O)[C@H]3CN3)CC1)C(=O)N1CCC[C@H](N1)C(=O)OCC(C)(C)C2.